The van der Waals surface area contributed by atoms with E-state index in [1.807, 2.05) is 0 Å². The molecule has 3 aromatic carbocycles. The summed E-state index contributed by atoms with van der Waals surface area (Å²) in [5.74, 6) is -1.50. The second-order valence-corrected chi connectivity index (χ2v) is 10.6. The van der Waals surface area contributed by atoms with Crippen LogP contribution in [0.5, 0.6) is 17.2 Å². The molecule has 36 heavy (non-hydrogen) atoms. The molecule has 0 aliphatic rings. The smallest absolute Gasteiger partial charge is 0.344 e. The van der Waals surface area contributed by atoms with Crippen LogP contribution in [0.15, 0.2) is 86.4 Å². The van der Waals surface area contributed by atoms with Gasteiger partial charge in [-0.1, -0.05) is 37.9 Å². The molecule has 0 atom stereocenters. The first-order chi connectivity index (χ1) is 17.2. The molecule has 0 saturated heterocycles. The fourth-order valence-electron chi connectivity index (χ4n) is 4.19. The molecule has 7 nitrogen and oxygen atoms in total. The van der Waals surface area contributed by atoms with Gasteiger partial charge in [0.2, 0.25) is 0 Å². The molecule has 2 heterocycles. The average molecular weight is 679 g/mol. The summed E-state index contributed by atoms with van der Waals surface area (Å²) in [6.45, 7) is 0. The van der Waals surface area contributed by atoms with Crippen LogP contribution in [0.3, 0.4) is 0 Å². The first kappa shape index (κ1) is 24.6. The normalized spacial score (nSPS) is 11.5. The predicted molar refractivity (Wildman–Crippen MR) is 145 cm³/mol. The first-order valence-electron chi connectivity index (χ1n) is 10.4. The van der Waals surface area contributed by atoms with Gasteiger partial charge in [0.15, 0.2) is 0 Å². The van der Waals surface area contributed by atoms with Crippen molar-refractivity contribution in [1.82, 2.24) is 0 Å². The lowest BCUT2D eigenvalue weighted by Gasteiger charge is -2.20. The second-order valence-electron chi connectivity index (χ2n) is 7.91. The van der Waals surface area contributed by atoms with Crippen molar-refractivity contribution in [3.05, 3.63) is 106 Å². The number of hydrogen-bond donors (Lipinski definition) is 2. The van der Waals surface area contributed by atoms with Gasteiger partial charge in [0, 0.05) is 8.95 Å². The summed E-state index contributed by atoms with van der Waals surface area (Å²) in [6.07, 6.45) is 0. The molecule has 0 aliphatic heterocycles. The molecule has 5 aromatic rings. The summed E-state index contributed by atoms with van der Waals surface area (Å²) in [6, 6.07) is 14.5. The molecule has 0 amide bonds. The molecule has 0 spiro atoms. The maximum absolute atomic E-state index is 13.3. The van der Waals surface area contributed by atoms with Crippen molar-refractivity contribution >= 4 is 69.7 Å². The Morgan fingerprint density at radius 3 is 1.69 bits per heavy atom. The summed E-state index contributed by atoms with van der Waals surface area (Å²) in [5, 5.41) is 23.1. The Morgan fingerprint density at radius 2 is 1.25 bits per heavy atom. The van der Waals surface area contributed by atoms with Gasteiger partial charge in [-0.2, -0.15) is 0 Å². The van der Waals surface area contributed by atoms with Crippen molar-refractivity contribution in [3.63, 3.8) is 0 Å². The van der Waals surface area contributed by atoms with Gasteiger partial charge in [-0.05, 0) is 70.0 Å². The number of hydrogen-bond acceptors (Lipinski definition) is 7. The highest BCUT2D eigenvalue weighted by Crippen LogP contribution is 2.43. The van der Waals surface area contributed by atoms with Crippen LogP contribution >= 0.6 is 47.8 Å². The fraction of sp³-hybridized carbons (Fsp3) is 0.0769. The Balaban J connectivity index is 1.92. The Labute approximate surface area is 228 Å². The van der Waals surface area contributed by atoms with E-state index in [0.717, 1.165) is 0 Å². The van der Waals surface area contributed by atoms with Crippen LogP contribution in [-0.4, -0.2) is 17.3 Å². The molecule has 0 saturated carbocycles. The van der Waals surface area contributed by atoms with Gasteiger partial charge >= 0.3 is 11.3 Å². The zero-order valence-electron chi connectivity index (χ0n) is 18.3. The lowest BCUT2D eigenvalue weighted by Crippen LogP contribution is -2.21. The number of ether oxygens (including phenoxy) is 1. The van der Waals surface area contributed by atoms with E-state index in [4.69, 9.17) is 13.6 Å². The number of halogens is 3. The zero-order chi connectivity index (χ0) is 25.7. The molecule has 0 fully saturated rings. The van der Waals surface area contributed by atoms with Crippen LogP contribution in [0.25, 0.3) is 21.9 Å². The lowest BCUT2D eigenvalue weighted by molar-refractivity contribution is 0.412. The molecule has 10 heteroatoms. The fourth-order valence-corrected chi connectivity index (χ4v) is 5.48. The third-order valence-corrected chi connectivity index (χ3v) is 7.44. The summed E-state index contributed by atoms with van der Waals surface area (Å²) < 4.78 is 18.2. The van der Waals surface area contributed by atoms with Gasteiger partial charge in [0.1, 0.15) is 28.4 Å². The van der Waals surface area contributed by atoms with E-state index in [9.17, 15) is 19.8 Å². The van der Waals surface area contributed by atoms with Gasteiger partial charge in [0.25, 0.3) is 0 Å². The van der Waals surface area contributed by atoms with E-state index in [0.29, 0.717) is 24.7 Å². The van der Waals surface area contributed by atoms with Gasteiger partial charge in [-0.3, -0.25) is 0 Å². The molecule has 0 radical (unpaired) electrons. The van der Waals surface area contributed by atoms with Crippen molar-refractivity contribution in [2.75, 3.05) is 7.11 Å². The van der Waals surface area contributed by atoms with Gasteiger partial charge in [-0.15, -0.1) is 0 Å². The summed E-state index contributed by atoms with van der Waals surface area (Å²) >= 11 is 10.1. The number of fused-ring (bicyclic) bond motifs is 2. The minimum atomic E-state index is -1.24. The summed E-state index contributed by atoms with van der Waals surface area (Å²) in [7, 11) is 1.50. The van der Waals surface area contributed by atoms with E-state index >= 15 is 0 Å². The van der Waals surface area contributed by atoms with E-state index < -0.39 is 17.2 Å². The Hall–Kier alpha value is -3.08. The molecular weight excluding hydrogens is 664 g/mol. The maximum atomic E-state index is 13.3. The monoisotopic (exact) mass is 676 g/mol. The van der Waals surface area contributed by atoms with Crippen molar-refractivity contribution in [3.8, 4) is 17.2 Å². The third kappa shape index (κ3) is 4.12. The maximum Gasteiger partial charge on any atom is 0.344 e. The van der Waals surface area contributed by atoms with Crippen molar-refractivity contribution < 1.29 is 23.8 Å². The predicted octanol–water partition coefficient (Wildman–Crippen LogP) is 6.79. The molecule has 2 N–H and O–H groups in total. The van der Waals surface area contributed by atoms with Gasteiger partial charge < -0.3 is 23.8 Å². The molecule has 0 aliphatic carbocycles. The third-order valence-electron chi connectivity index (χ3n) is 5.84. The van der Waals surface area contributed by atoms with Gasteiger partial charge in [0.05, 0.1) is 39.4 Å². The molecule has 182 valence electrons. The van der Waals surface area contributed by atoms with E-state index in [1.54, 1.807) is 54.6 Å². The van der Waals surface area contributed by atoms with Gasteiger partial charge in [-0.25, -0.2) is 9.59 Å². The van der Waals surface area contributed by atoms with Crippen molar-refractivity contribution in [2.24, 2.45) is 0 Å². The number of benzene rings is 3. The average Bonchev–Trinajstić information content (AvgIpc) is 2.84. The standard InChI is InChI=1S/C26H15Br3O7/c1-34-19-5-2-11(8-16(19)29)20(21-23(30)14-9-12(27)3-6-17(14)35-25(21)32)22-24(31)15-10-13(28)4-7-18(15)36-26(22)33/h2-10,20,30-31H,1H3. The number of aromatic hydroxyl groups is 2. The minimum Gasteiger partial charge on any atom is -0.507 e. The zero-order valence-corrected chi connectivity index (χ0v) is 23.1. The second kappa shape index (κ2) is 9.42. The minimum absolute atomic E-state index is 0.165. The number of rotatable bonds is 4. The van der Waals surface area contributed by atoms with Crippen molar-refractivity contribution in [2.45, 2.75) is 5.92 Å². The molecule has 0 bridgehead atoms. The largest absolute Gasteiger partial charge is 0.507 e. The summed E-state index contributed by atoms with van der Waals surface area (Å²) in [5.41, 5.74) is -1.46. The van der Waals surface area contributed by atoms with Crippen LogP contribution in [-0.2, 0) is 0 Å². The van der Waals surface area contributed by atoms with E-state index in [2.05, 4.69) is 47.8 Å². The molecule has 2 aromatic heterocycles. The van der Waals surface area contributed by atoms with Crippen LogP contribution in [0.4, 0.5) is 0 Å². The van der Waals surface area contributed by atoms with Crippen LogP contribution in [0.1, 0.15) is 22.6 Å². The van der Waals surface area contributed by atoms with Crippen molar-refractivity contribution in [1.29, 1.82) is 0 Å². The Morgan fingerprint density at radius 1 is 0.750 bits per heavy atom. The van der Waals surface area contributed by atoms with Crippen LogP contribution < -0.4 is 16.0 Å². The highest BCUT2D eigenvalue weighted by atomic mass is 79.9. The molecule has 5 rings (SSSR count). The molecule has 0 unspecified atom stereocenters. The lowest BCUT2D eigenvalue weighted by atomic mass is 9.84. The highest BCUT2D eigenvalue weighted by Gasteiger charge is 2.33. The van der Waals surface area contributed by atoms with E-state index in [1.165, 1.54) is 7.11 Å². The SMILES string of the molecule is COc1ccc(C(c2c(O)c3cc(Br)ccc3oc2=O)c2c(O)c3cc(Br)ccc3oc2=O)cc1Br. The number of methoxy groups -OCH3 is 1. The summed E-state index contributed by atoms with van der Waals surface area (Å²) in [4.78, 5) is 26.6. The quantitative estimate of drug-likeness (QED) is 0.202. The highest BCUT2D eigenvalue weighted by molar-refractivity contribution is 9.11. The van der Waals surface area contributed by atoms with Crippen LogP contribution in [0, 0.1) is 0 Å². The first-order valence-corrected chi connectivity index (χ1v) is 12.8. The topological polar surface area (TPSA) is 110 Å². The van der Waals surface area contributed by atoms with Crippen LogP contribution in [0.2, 0.25) is 0 Å². The Kier molecular flexibility index (Phi) is 6.44. The van der Waals surface area contributed by atoms with E-state index in [-0.39, 0.29) is 44.6 Å². The molecular formula is C26H15Br3O7. The Bertz CT molecular complexity index is 1680.